The van der Waals surface area contributed by atoms with E-state index in [0.717, 1.165) is 4.88 Å². The summed E-state index contributed by atoms with van der Waals surface area (Å²) in [7, 11) is 1.75. The van der Waals surface area contributed by atoms with E-state index in [-0.39, 0.29) is 6.42 Å². The maximum atomic E-state index is 10.5. The van der Waals surface area contributed by atoms with Crippen LogP contribution in [-0.4, -0.2) is 25.8 Å². The molecule has 2 rings (SSSR count). The van der Waals surface area contributed by atoms with E-state index in [9.17, 15) is 4.79 Å². The van der Waals surface area contributed by atoms with Gasteiger partial charge in [0.2, 0.25) is 0 Å². The highest BCUT2D eigenvalue weighted by Crippen LogP contribution is 2.28. The maximum Gasteiger partial charge on any atom is 0.303 e. The Labute approximate surface area is 107 Å². The van der Waals surface area contributed by atoms with Gasteiger partial charge in [0.05, 0.1) is 15.6 Å². The van der Waals surface area contributed by atoms with Gasteiger partial charge in [0, 0.05) is 13.5 Å². The lowest BCUT2D eigenvalue weighted by atomic mass is 10.3. The lowest BCUT2D eigenvalue weighted by Gasteiger charge is -1.95. The third-order valence-corrected chi connectivity index (χ3v) is 3.44. The van der Waals surface area contributed by atoms with Crippen molar-refractivity contribution in [1.29, 1.82) is 0 Å². The summed E-state index contributed by atoms with van der Waals surface area (Å²) < 4.78 is 2.28. The third-order valence-electron chi connectivity index (χ3n) is 2.21. The Morgan fingerprint density at radius 3 is 2.94 bits per heavy atom. The molecule has 0 fully saturated rings. The smallest absolute Gasteiger partial charge is 0.303 e. The molecule has 1 N–H and O–H groups in total. The summed E-state index contributed by atoms with van der Waals surface area (Å²) in [5, 5.41) is 12.9. The molecule has 0 bridgehead atoms. The highest BCUT2D eigenvalue weighted by Gasteiger charge is 2.12. The van der Waals surface area contributed by atoms with Gasteiger partial charge >= 0.3 is 5.97 Å². The molecule has 0 atom stereocenters. The Morgan fingerprint density at radius 1 is 1.59 bits per heavy atom. The number of carboxylic acids is 1. The fraction of sp³-hybridized carbons (Fsp3) is 0.300. The zero-order valence-corrected chi connectivity index (χ0v) is 10.6. The van der Waals surface area contributed by atoms with Gasteiger partial charge in [-0.1, -0.05) is 11.6 Å². The van der Waals surface area contributed by atoms with Gasteiger partial charge in [-0.05, 0) is 12.1 Å². The van der Waals surface area contributed by atoms with Crippen LogP contribution in [0.25, 0.3) is 10.7 Å². The number of aromatic nitrogens is 3. The van der Waals surface area contributed by atoms with E-state index in [1.54, 1.807) is 17.8 Å². The summed E-state index contributed by atoms with van der Waals surface area (Å²) in [6.45, 7) is 0. The Hall–Kier alpha value is -1.40. The Morgan fingerprint density at radius 2 is 2.35 bits per heavy atom. The topological polar surface area (TPSA) is 68.0 Å². The van der Waals surface area contributed by atoms with Gasteiger partial charge in [-0.15, -0.1) is 11.3 Å². The molecule has 0 aliphatic heterocycles. The van der Waals surface area contributed by atoms with Crippen LogP contribution in [0, 0.1) is 0 Å². The number of rotatable bonds is 4. The second kappa shape index (κ2) is 4.85. The molecule has 0 saturated carbocycles. The third kappa shape index (κ3) is 2.83. The SMILES string of the molecule is Cn1nc(-c2ccc(Cl)s2)nc1CCC(=O)O. The first-order chi connectivity index (χ1) is 8.06. The number of thiophene rings is 1. The van der Waals surface area contributed by atoms with Crippen molar-refractivity contribution in [1.82, 2.24) is 14.8 Å². The molecule has 17 heavy (non-hydrogen) atoms. The van der Waals surface area contributed by atoms with Crippen molar-refractivity contribution in [3.05, 3.63) is 22.3 Å². The predicted molar refractivity (Wildman–Crippen MR) is 65.3 cm³/mol. The van der Waals surface area contributed by atoms with Crippen LogP contribution in [0.2, 0.25) is 4.34 Å². The Kier molecular flexibility index (Phi) is 3.44. The predicted octanol–water partition coefficient (Wildman–Crippen LogP) is 2.21. The molecule has 2 heterocycles. The van der Waals surface area contributed by atoms with E-state index < -0.39 is 5.97 Å². The van der Waals surface area contributed by atoms with Gasteiger partial charge in [-0.2, -0.15) is 5.10 Å². The average Bonchev–Trinajstić information content (AvgIpc) is 2.82. The van der Waals surface area contributed by atoms with Gasteiger partial charge in [0.15, 0.2) is 5.82 Å². The summed E-state index contributed by atoms with van der Waals surface area (Å²) in [6, 6.07) is 3.64. The standard InChI is InChI=1S/C10H10ClN3O2S/c1-14-8(4-5-9(15)16)12-10(13-14)6-2-3-7(11)17-6/h2-3H,4-5H2,1H3,(H,15,16). The van der Waals surface area contributed by atoms with Crippen LogP contribution in [0.3, 0.4) is 0 Å². The quantitative estimate of drug-likeness (QED) is 0.926. The van der Waals surface area contributed by atoms with Crippen LogP contribution >= 0.6 is 22.9 Å². The first kappa shape index (κ1) is 12.1. The molecule has 0 amide bonds. The average molecular weight is 272 g/mol. The van der Waals surface area contributed by atoms with E-state index >= 15 is 0 Å². The molecule has 90 valence electrons. The molecule has 0 radical (unpaired) electrons. The van der Waals surface area contributed by atoms with Crippen molar-refractivity contribution in [2.45, 2.75) is 12.8 Å². The molecule has 2 aromatic heterocycles. The highest BCUT2D eigenvalue weighted by atomic mass is 35.5. The molecular formula is C10H10ClN3O2S. The molecule has 5 nitrogen and oxygen atoms in total. The monoisotopic (exact) mass is 271 g/mol. The van der Waals surface area contributed by atoms with Crippen molar-refractivity contribution < 1.29 is 9.90 Å². The van der Waals surface area contributed by atoms with E-state index in [0.29, 0.717) is 22.4 Å². The minimum atomic E-state index is -0.839. The molecule has 0 unspecified atom stereocenters. The first-order valence-corrected chi connectivity index (χ1v) is 6.13. The van der Waals surface area contributed by atoms with Crippen LogP contribution < -0.4 is 0 Å². The van der Waals surface area contributed by atoms with E-state index in [1.165, 1.54) is 11.3 Å². The van der Waals surface area contributed by atoms with Crippen LogP contribution in [0.5, 0.6) is 0 Å². The molecule has 0 aromatic carbocycles. The number of aryl methyl sites for hydroxylation is 2. The van der Waals surface area contributed by atoms with Crippen molar-refractivity contribution in [3.63, 3.8) is 0 Å². The summed E-state index contributed by atoms with van der Waals surface area (Å²) in [4.78, 5) is 15.7. The van der Waals surface area contributed by atoms with Gasteiger partial charge in [0.25, 0.3) is 0 Å². The normalized spacial score (nSPS) is 10.7. The minimum absolute atomic E-state index is 0.0527. The highest BCUT2D eigenvalue weighted by molar-refractivity contribution is 7.19. The summed E-state index contributed by atoms with van der Waals surface area (Å²) in [5.74, 6) is 0.408. The Bertz CT molecular complexity index is 549. The zero-order chi connectivity index (χ0) is 12.4. The summed E-state index contributed by atoms with van der Waals surface area (Å²) in [5.41, 5.74) is 0. The zero-order valence-electron chi connectivity index (χ0n) is 9.05. The first-order valence-electron chi connectivity index (χ1n) is 4.93. The van der Waals surface area contributed by atoms with Crippen LogP contribution in [-0.2, 0) is 18.3 Å². The van der Waals surface area contributed by atoms with Crippen molar-refractivity contribution in [2.75, 3.05) is 0 Å². The molecule has 0 aliphatic rings. The number of nitrogens with zero attached hydrogens (tertiary/aromatic N) is 3. The lowest BCUT2D eigenvalue weighted by molar-refractivity contribution is -0.137. The lowest BCUT2D eigenvalue weighted by Crippen LogP contribution is -2.03. The second-order valence-corrected chi connectivity index (χ2v) is 5.19. The Balaban J connectivity index is 2.21. The molecule has 0 spiro atoms. The van der Waals surface area contributed by atoms with Gasteiger partial charge < -0.3 is 5.11 Å². The number of aliphatic carboxylic acids is 1. The number of carboxylic acid groups (broad SMARTS) is 1. The maximum absolute atomic E-state index is 10.5. The van der Waals surface area contributed by atoms with Crippen LogP contribution in [0.4, 0.5) is 0 Å². The number of hydrogen-bond donors (Lipinski definition) is 1. The van der Waals surface area contributed by atoms with Crippen molar-refractivity contribution in [3.8, 4) is 10.7 Å². The molecule has 7 heteroatoms. The number of halogens is 1. The van der Waals surface area contributed by atoms with Gasteiger partial charge in [-0.25, -0.2) is 4.98 Å². The van der Waals surface area contributed by atoms with Gasteiger partial charge in [-0.3, -0.25) is 9.48 Å². The molecular weight excluding hydrogens is 262 g/mol. The fourth-order valence-corrected chi connectivity index (χ4v) is 2.36. The summed E-state index contributed by atoms with van der Waals surface area (Å²) >= 11 is 7.24. The van der Waals surface area contributed by atoms with E-state index in [2.05, 4.69) is 10.1 Å². The molecule has 0 aliphatic carbocycles. The molecule has 2 aromatic rings. The minimum Gasteiger partial charge on any atom is -0.481 e. The second-order valence-electron chi connectivity index (χ2n) is 3.47. The summed E-state index contributed by atoms with van der Waals surface area (Å²) in [6.07, 6.45) is 0.426. The number of carbonyl (C=O) groups is 1. The van der Waals surface area contributed by atoms with Crippen LogP contribution in [0.1, 0.15) is 12.2 Å². The van der Waals surface area contributed by atoms with E-state index in [4.69, 9.17) is 16.7 Å². The van der Waals surface area contributed by atoms with E-state index in [1.807, 2.05) is 6.07 Å². The number of hydrogen-bond acceptors (Lipinski definition) is 4. The largest absolute Gasteiger partial charge is 0.481 e. The molecule has 0 saturated heterocycles. The van der Waals surface area contributed by atoms with Crippen molar-refractivity contribution in [2.24, 2.45) is 7.05 Å². The van der Waals surface area contributed by atoms with Gasteiger partial charge in [0.1, 0.15) is 5.82 Å². The van der Waals surface area contributed by atoms with Crippen LogP contribution in [0.15, 0.2) is 12.1 Å². The fourth-order valence-electron chi connectivity index (χ4n) is 1.39. The van der Waals surface area contributed by atoms with Crippen molar-refractivity contribution >= 4 is 28.9 Å².